The number of benzene rings is 1. The third kappa shape index (κ3) is 3.17. The number of aryl methyl sites for hydroxylation is 1. The number of hydrogen-bond donors (Lipinski definition) is 2. The third-order valence-corrected chi connectivity index (χ3v) is 5.79. The molecule has 0 atom stereocenters. The first-order valence-electron chi connectivity index (χ1n) is 8.17. The Labute approximate surface area is 163 Å². The van der Waals surface area contributed by atoms with Gasteiger partial charge in [-0.1, -0.05) is 23.7 Å². The van der Waals surface area contributed by atoms with Gasteiger partial charge in [0.25, 0.3) is 5.56 Å². The number of aromatic amines is 1. The largest absolute Gasteiger partial charge is 0.311 e. The van der Waals surface area contributed by atoms with E-state index in [0.717, 1.165) is 16.0 Å². The van der Waals surface area contributed by atoms with Gasteiger partial charge >= 0.3 is 0 Å². The molecule has 0 saturated carbocycles. The highest BCUT2D eigenvalue weighted by molar-refractivity contribution is 7.17. The number of aromatic nitrogens is 4. The van der Waals surface area contributed by atoms with Crippen molar-refractivity contribution in [2.24, 2.45) is 14.1 Å². The molecule has 4 rings (SSSR count). The zero-order valence-corrected chi connectivity index (χ0v) is 16.2. The molecular weight excluding hydrogens is 386 g/mol. The molecule has 0 aliphatic carbocycles. The lowest BCUT2D eigenvalue weighted by Crippen LogP contribution is -2.18. The topological polar surface area (TPSA) is 84.7 Å². The summed E-state index contributed by atoms with van der Waals surface area (Å²) in [5.41, 5.74) is 2.23. The summed E-state index contributed by atoms with van der Waals surface area (Å²) in [6.45, 7) is 0. The first-order valence-corrected chi connectivity index (χ1v) is 9.43. The van der Waals surface area contributed by atoms with Crippen molar-refractivity contribution in [2.75, 3.05) is 5.32 Å². The maximum atomic E-state index is 12.4. The SMILES string of the molecule is Cn1c(=O)c2c(CC(=O)Nc3cc(-c4ccc(Cl)cc4)n[nH]3)csc2n1C. The third-order valence-electron chi connectivity index (χ3n) is 4.44. The van der Waals surface area contributed by atoms with Crippen LogP contribution >= 0.6 is 22.9 Å². The van der Waals surface area contributed by atoms with E-state index in [0.29, 0.717) is 21.9 Å². The predicted octanol–water partition coefficient (Wildman–Crippen LogP) is 3.16. The maximum Gasteiger partial charge on any atom is 0.275 e. The van der Waals surface area contributed by atoms with Crippen LogP contribution in [0.5, 0.6) is 0 Å². The number of hydrogen-bond acceptors (Lipinski definition) is 4. The molecule has 0 bridgehead atoms. The van der Waals surface area contributed by atoms with Crippen LogP contribution < -0.4 is 10.9 Å². The van der Waals surface area contributed by atoms with E-state index in [1.54, 1.807) is 29.9 Å². The molecule has 7 nitrogen and oxygen atoms in total. The number of rotatable bonds is 4. The van der Waals surface area contributed by atoms with E-state index in [9.17, 15) is 9.59 Å². The molecular formula is C18H16ClN5O2S. The monoisotopic (exact) mass is 401 g/mol. The fourth-order valence-corrected chi connectivity index (χ4v) is 4.13. The van der Waals surface area contributed by atoms with Crippen LogP contribution in [-0.2, 0) is 25.3 Å². The van der Waals surface area contributed by atoms with Crippen LogP contribution in [-0.4, -0.2) is 25.5 Å². The van der Waals surface area contributed by atoms with Crippen molar-refractivity contribution >= 4 is 44.9 Å². The number of halogens is 1. The van der Waals surface area contributed by atoms with E-state index >= 15 is 0 Å². The van der Waals surface area contributed by atoms with Gasteiger partial charge in [0.2, 0.25) is 5.91 Å². The van der Waals surface area contributed by atoms with Gasteiger partial charge in [-0.3, -0.25) is 24.1 Å². The quantitative estimate of drug-likeness (QED) is 0.550. The van der Waals surface area contributed by atoms with Crippen LogP contribution in [0.25, 0.3) is 21.5 Å². The van der Waals surface area contributed by atoms with Crippen LogP contribution in [0.1, 0.15) is 5.56 Å². The average Bonchev–Trinajstić information content (AvgIpc) is 3.32. The molecule has 3 heterocycles. The van der Waals surface area contributed by atoms with Gasteiger partial charge in [0.05, 0.1) is 17.5 Å². The Hall–Kier alpha value is -2.84. The summed E-state index contributed by atoms with van der Waals surface area (Å²) in [7, 11) is 3.54. The normalized spacial score (nSPS) is 11.2. The zero-order valence-electron chi connectivity index (χ0n) is 14.6. The molecule has 3 aromatic heterocycles. The number of carbonyl (C=O) groups excluding carboxylic acids is 1. The van der Waals surface area contributed by atoms with Gasteiger partial charge in [0.1, 0.15) is 10.6 Å². The minimum Gasteiger partial charge on any atom is -0.311 e. The van der Waals surface area contributed by atoms with Crippen LogP contribution in [0.2, 0.25) is 5.02 Å². The first kappa shape index (κ1) is 17.6. The first-order chi connectivity index (χ1) is 12.9. The molecule has 2 N–H and O–H groups in total. The smallest absolute Gasteiger partial charge is 0.275 e. The van der Waals surface area contributed by atoms with Crippen molar-refractivity contribution in [1.82, 2.24) is 19.6 Å². The number of fused-ring (bicyclic) bond motifs is 1. The Morgan fingerprint density at radius 3 is 2.74 bits per heavy atom. The molecule has 4 aromatic rings. The van der Waals surface area contributed by atoms with Gasteiger partial charge in [-0.05, 0) is 23.1 Å². The predicted molar refractivity (Wildman–Crippen MR) is 107 cm³/mol. The van der Waals surface area contributed by atoms with Gasteiger partial charge in [-0.2, -0.15) is 5.10 Å². The second-order valence-electron chi connectivity index (χ2n) is 6.19. The van der Waals surface area contributed by atoms with E-state index < -0.39 is 0 Å². The van der Waals surface area contributed by atoms with Crippen LogP contribution in [0.3, 0.4) is 0 Å². The van der Waals surface area contributed by atoms with Crippen LogP contribution in [0, 0.1) is 0 Å². The van der Waals surface area contributed by atoms with Crippen LogP contribution in [0.15, 0.2) is 40.5 Å². The number of nitrogens with one attached hydrogen (secondary N) is 2. The minimum atomic E-state index is -0.216. The van der Waals surface area contributed by atoms with Crippen molar-refractivity contribution in [2.45, 2.75) is 6.42 Å². The number of H-pyrrole nitrogens is 1. The summed E-state index contributed by atoms with van der Waals surface area (Å²) < 4.78 is 3.33. The Balaban J connectivity index is 1.51. The number of amides is 1. The van der Waals surface area contributed by atoms with E-state index in [1.165, 1.54) is 16.0 Å². The lowest BCUT2D eigenvalue weighted by atomic mass is 10.1. The van der Waals surface area contributed by atoms with E-state index in [1.807, 2.05) is 24.6 Å². The van der Waals surface area contributed by atoms with Gasteiger partial charge in [0.15, 0.2) is 0 Å². The Morgan fingerprint density at radius 2 is 2.00 bits per heavy atom. The summed E-state index contributed by atoms with van der Waals surface area (Å²) in [6, 6.07) is 9.04. The summed E-state index contributed by atoms with van der Waals surface area (Å²) in [5.74, 6) is 0.282. The summed E-state index contributed by atoms with van der Waals surface area (Å²) in [5, 5.41) is 12.9. The minimum absolute atomic E-state index is 0.0943. The summed E-state index contributed by atoms with van der Waals surface area (Å²) in [6.07, 6.45) is 0.120. The van der Waals surface area contributed by atoms with Crippen molar-refractivity contribution in [3.8, 4) is 11.3 Å². The van der Waals surface area contributed by atoms with Crippen molar-refractivity contribution in [3.63, 3.8) is 0 Å². The molecule has 0 saturated heterocycles. The number of anilines is 1. The van der Waals surface area contributed by atoms with Crippen molar-refractivity contribution in [3.05, 3.63) is 56.7 Å². The number of nitrogens with zero attached hydrogens (tertiary/aromatic N) is 3. The van der Waals surface area contributed by atoms with Crippen molar-refractivity contribution in [1.29, 1.82) is 0 Å². The Kier molecular flexibility index (Phi) is 4.37. The lowest BCUT2D eigenvalue weighted by Gasteiger charge is -2.00. The highest BCUT2D eigenvalue weighted by Crippen LogP contribution is 2.24. The van der Waals surface area contributed by atoms with Crippen LogP contribution in [0.4, 0.5) is 5.82 Å². The molecule has 0 aliphatic rings. The van der Waals surface area contributed by atoms with E-state index in [4.69, 9.17) is 11.6 Å². The molecule has 0 fully saturated rings. The summed E-state index contributed by atoms with van der Waals surface area (Å²) in [4.78, 5) is 25.6. The highest BCUT2D eigenvalue weighted by Gasteiger charge is 2.17. The molecule has 0 radical (unpaired) electrons. The fraction of sp³-hybridized carbons (Fsp3) is 0.167. The zero-order chi connectivity index (χ0) is 19.1. The standard InChI is InChI=1S/C18H16ClN5O2S/c1-23-17(26)16-11(9-27-18(16)24(23)2)7-15(25)20-14-8-13(21-22-14)10-3-5-12(19)6-4-10/h3-6,8-9H,7H2,1-2H3,(H2,20,21,22,25). The molecule has 9 heteroatoms. The molecule has 0 spiro atoms. The lowest BCUT2D eigenvalue weighted by molar-refractivity contribution is -0.115. The summed E-state index contributed by atoms with van der Waals surface area (Å²) >= 11 is 7.35. The molecule has 27 heavy (non-hydrogen) atoms. The molecule has 1 amide bonds. The second kappa shape index (κ2) is 6.71. The fourth-order valence-electron chi connectivity index (χ4n) is 2.94. The van der Waals surface area contributed by atoms with E-state index in [2.05, 4.69) is 15.5 Å². The Bertz CT molecular complexity index is 1200. The Morgan fingerprint density at radius 1 is 1.26 bits per heavy atom. The molecule has 138 valence electrons. The maximum absolute atomic E-state index is 12.4. The average molecular weight is 402 g/mol. The van der Waals surface area contributed by atoms with Crippen molar-refractivity contribution < 1.29 is 4.79 Å². The second-order valence-corrected chi connectivity index (χ2v) is 7.49. The van der Waals surface area contributed by atoms with E-state index in [-0.39, 0.29) is 17.9 Å². The van der Waals surface area contributed by atoms with Gasteiger partial charge in [0, 0.05) is 30.7 Å². The van der Waals surface area contributed by atoms with Gasteiger partial charge < -0.3 is 5.32 Å². The highest BCUT2D eigenvalue weighted by atomic mass is 35.5. The molecule has 0 unspecified atom stereocenters. The van der Waals surface area contributed by atoms with Gasteiger partial charge in [-0.25, -0.2) is 0 Å². The number of carbonyl (C=O) groups is 1. The van der Waals surface area contributed by atoms with Gasteiger partial charge in [-0.15, -0.1) is 11.3 Å². The molecule has 0 aliphatic heterocycles. The molecule has 1 aromatic carbocycles. The number of thiophene rings is 1.